The van der Waals surface area contributed by atoms with Crippen molar-refractivity contribution >= 4 is 11.8 Å². The molecule has 0 aliphatic carbocycles. The Hall–Kier alpha value is -2.04. The Morgan fingerprint density at radius 3 is 2.41 bits per heavy atom. The van der Waals surface area contributed by atoms with Crippen molar-refractivity contribution in [3.63, 3.8) is 0 Å². The fourth-order valence-corrected chi connectivity index (χ4v) is 3.23. The minimum atomic E-state index is -0.0443. The molecule has 1 aliphatic heterocycles. The topological polar surface area (TPSA) is 58.6 Å². The summed E-state index contributed by atoms with van der Waals surface area (Å²) in [4.78, 5) is 26.2. The van der Waals surface area contributed by atoms with Gasteiger partial charge < -0.3 is 15.0 Å². The predicted molar refractivity (Wildman–Crippen MR) is 108 cm³/mol. The molecule has 150 valence electrons. The van der Waals surface area contributed by atoms with E-state index in [9.17, 15) is 9.59 Å². The quantitative estimate of drug-likeness (QED) is 0.859. The maximum absolute atomic E-state index is 12.6. The second-order valence-electron chi connectivity index (χ2n) is 8.86. The summed E-state index contributed by atoms with van der Waals surface area (Å²) < 4.78 is 5.90. The lowest BCUT2D eigenvalue weighted by Crippen LogP contribution is -2.48. The fourth-order valence-electron chi connectivity index (χ4n) is 3.23. The molecule has 27 heavy (non-hydrogen) atoms. The van der Waals surface area contributed by atoms with Gasteiger partial charge in [0, 0.05) is 25.0 Å². The fraction of sp³-hybridized carbons (Fsp3) is 0.636. The average molecular weight is 375 g/mol. The van der Waals surface area contributed by atoms with Gasteiger partial charge >= 0.3 is 0 Å². The molecule has 1 aliphatic rings. The molecule has 1 heterocycles. The summed E-state index contributed by atoms with van der Waals surface area (Å²) in [7, 11) is 0. The average Bonchev–Trinajstić information content (AvgIpc) is 2.60. The Kier molecular flexibility index (Phi) is 6.90. The molecule has 5 nitrogen and oxygen atoms in total. The van der Waals surface area contributed by atoms with E-state index >= 15 is 0 Å². The molecule has 0 spiro atoms. The van der Waals surface area contributed by atoms with Crippen molar-refractivity contribution in [1.82, 2.24) is 10.2 Å². The maximum Gasteiger partial charge on any atom is 0.260 e. The van der Waals surface area contributed by atoms with Crippen LogP contribution in [0.4, 0.5) is 0 Å². The summed E-state index contributed by atoms with van der Waals surface area (Å²) in [6.07, 6.45) is 1.59. The van der Waals surface area contributed by atoms with Gasteiger partial charge in [0.15, 0.2) is 6.61 Å². The molecule has 0 bridgehead atoms. The van der Waals surface area contributed by atoms with Crippen LogP contribution in [0.2, 0.25) is 0 Å². The Balaban J connectivity index is 1.88. The number of nitrogens with zero attached hydrogens (tertiary/aromatic N) is 1. The number of hydrogen-bond acceptors (Lipinski definition) is 3. The second kappa shape index (κ2) is 8.77. The SMILES string of the molecule is Cc1ccc(OCC(=O)N2CCC(NC(=O)C(C)C)CC2)c(C(C)(C)C)c1. The molecule has 2 amide bonds. The third-order valence-corrected chi connectivity index (χ3v) is 5.01. The summed E-state index contributed by atoms with van der Waals surface area (Å²) >= 11 is 0. The molecule has 1 saturated heterocycles. The summed E-state index contributed by atoms with van der Waals surface area (Å²) in [5.41, 5.74) is 2.26. The maximum atomic E-state index is 12.6. The van der Waals surface area contributed by atoms with Crippen molar-refractivity contribution in [1.29, 1.82) is 0 Å². The van der Waals surface area contributed by atoms with Gasteiger partial charge in [0.05, 0.1) is 0 Å². The zero-order valence-electron chi connectivity index (χ0n) is 17.6. The number of ether oxygens (including phenoxy) is 1. The number of nitrogens with one attached hydrogen (secondary N) is 1. The predicted octanol–water partition coefficient (Wildman–Crippen LogP) is 3.43. The summed E-state index contributed by atoms with van der Waals surface area (Å²) in [6, 6.07) is 6.26. The summed E-state index contributed by atoms with van der Waals surface area (Å²) in [5, 5.41) is 3.06. The van der Waals surface area contributed by atoms with Crippen molar-refractivity contribution in [2.24, 2.45) is 5.92 Å². The number of likely N-dealkylation sites (tertiary alicyclic amines) is 1. The van der Waals surface area contributed by atoms with E-state index in [2.05, 4.69) is 39.1 Å². The van der Waals surface area contributed by atoms with Crippen LogP contribution in [0.1, 0.15) is 58.6 Å². The van der Waals surface area contributed by atoms with Crippen LogP contribution in [0.15, 0.2) is 18.2 Å². The summed E-state index contributed by atoms with van der Waals surface area (Å²) in [6.45, 7) is 13.6. The molecule has 1 fully saturated rings. The number of amides is 2. The van der Waals surface area contributed by atoms with E-state index in [1.807, 2.05) is 30.9 Å². The van der Waals surface area contributed by atoms with Crippen molar-refractivity contribution in [2.45, 2.75) is 65.8 Å². The van der Waals surface area contributed by atoms with Crippen molar-refractivity contribution in [3.05, 3.63) is 29.3 Å². The highest BCUT2D eigenvalue weighted by Crippen LogP contribution is 2.32. The van der Waals surface area contributed by atoms with E-state index in [4.69, 9.17) is 4.74 Å². The molecule has 1 aromatic rings. The number of benzene rings is 1. The van der Waals surface area contributed by atoms with Gasteiger partial charge in [-0.2, -0.15) is 0 Å². The van der Waals surface area contributed by atoms with Crippen molar-refractivity contribution in [3.8, 4) is 5.75 Å². The summed E-state index contributed by atoms with van der Waals surface area (Å²) in [5.74, 6) is 0.853. The first-order valence-electron chi connectivity index (χ1n) is 9.90. The van der Waals surface area contributed by atoms with Crippen LogP contribution in [0.5, 0.6) is 5.75 Å². The Morgan fingerprint density at radius 1 is 1.22 bits per heavy atom. The van der Waals surface area contributed by atoms with Gasteiger partial charge in [0.2, 0.25) is 5.91 Å². The minimum Gasteiger partial charge on any atom is -0.483 e. The highest BCUT2D eigenvalue weighted by atomic mass is 16.5. The lowest BCUT2D eigenvalue weighted by atomic mass is 9.85. The number of piperidine rings is 1. The molecule has 2 rings (SSSR count). The third-order valence-electron chi connectivity index (χ3n) is 5.01. The van der Waals surface area contributed by atoms with E-state index in [-0.39, 0.29) is 35.8 Å². The molecule has 1 aromatic carbocycles. The first-order chi connectivity index (χ1) is 12.6. The third kappa shape index (κ3) is 5.98. The molecule has 1 N–H and O–H groups in total. The first kappa shape index (κ1) is 21.3. The number of carbonyl (C=O) groups is 2. The second-order valence-corrected chi connectivity index (χ2v) is 8.86. The molecule has 5 heteroatoms. The van der Waals surface area contributed by atoms with Crippen molar-refractivity contribution in [2.75, 3.05) is 19.7 Å². The Bertz CT molecular complexity index is 669. The molecule has 0 aromatic heterocycles. The largest absolute Gasteiger partial charge is 0.483 e. The van der Waals surface area contributed by atoms with E-state index in [0.717, 1.165) is 24.2 Å². The van der Waals surface area contributed by atoms with E-state index in [1.54, 1.807) is 0 Å². The number of rotatable bonds is 5. The van der Waals surface area contributed by atoms with E-state index < -0.39 is 0 Å². The Morgan fingerprint density at radius 2 is 1.85 bits per heavy atom. The van der Waals surface area contributed by atoms with Gasteiger partial charge in [-0.05, 0) is 36.8 Å². The van der Waals surface area contributed by atoms with Crippen LogP contribution in [0.25, 0.3) is 0 Å². The lowest BCUT2D eigenvalue weighted by Gasteiger charge is -2.33. The van der Waals surface area contributed by atoms with Crippen LogP contribution in [0.3, 0.4) is 0 Å². The smallest absolute Gasteiger partial charge is 0.260 e. The number of hydrogen-bond donors (Lipinski definition) is 1. The molecule has 0 saturated carbocycles. The first-order valence-corrected chi connectivity index (χ1v) is 9.90. The van der Waals surface area contributed by atoms with Crippen LogP contribution in [0, 0.1) is 12.8 Å². The molecular formula is C22H34N2O3. The van der Waals surface area contributed by atoms with Gasteiger partial charge in [-0.1, -0.05) is 52.3 Å². The molecule has 0 radical (unpaired) electrons. The van der Waals surface area contributed by atoms with Gasteiger partial charge in [0.1, 0.15) is 5.75 Å². The van der Waals surface area contributed by atoms with Gasteiger partial charge in [-0.15, -0.1) is 0 Å². The molecule has 0 atom stereocenters. The van der Waals surface area contributed by atoms with Gasteiger partial charge in [-0.25, -0.2) is 0 Å². The molecule has 0 unspecified atom stereocenters. The Labute approximate surface area is 163 Å². The normalized spacial score (nSPS) is 15.7. The van der Waals surface area contributed by atoms with Crippen molar-refractivity contribution < 1.29 is 14.3 Å². The van der Waals surface area contributed by atoms with Crippen LogP contribution in [-0.2, 0) is 15.0 Å². The molecular weight excluding hydrogens is 340 g/mol. The van der Waals surface area contributed by atoms with Crippen LogP contribution in [-0.4, -0.2) is 42.5 Å². The van der Waals surface area contributed by atoms with Crippen LogP contribution >= 0.6 is 0 Å². The van der Waals surface area contributed by atoms with Crippen LogP contribution < -0.4 is 10.1 Å². The van der Waals surface area contributed by atoms with Gasteiger partial charge in [-0.3, -0.25) is 9.59 Å². The standard InChI is InChI=1S/C22H34N2O3/c1-15(2)21(26)23-17-9-11-24(12-10-17)20(25)14-27-19-8-7-16(3)13-18(19)22(4,5)6/h7-8,13,15,17H,9-12,14H2,1-6H3,(H,23,26). The van der Waals surface area contributed by atoms with Gasteiger partial charge in [0.25, 0.3) is 5.91 Å². The zero-order valence-corrected chi connectivity index (χ0v) is 17.6. The van der Waals surface area contributed by atoms with E-state index in [0.29, 0.717) is 13.1 Å². The minimum absolute atomic E-state index is 0.00377. The number of aryl methyl sites for hydroxylation is 1. The zero-order chi connectivity index (χ0) is 20.2. The highest BCUT2D eigenvalue weighted by Gasteiger charge is 2.25. The monoisotopic (exact) mass is 374 g/mol. The highest BCUT2D eigenvalue weighted by molar-refractivity contribution is 5.79. The lowest BCUT2D eigenvalue weighted by molar-refractivity contribution is -0.134. The number of carbonyl (C=O) groups excluding carboxylic acids is 2. The van der Waals surface area contributed by atoms with E-state index in [1.165, 1.54) is 5.56 Å².